The van der Waals surface area contributed by atoms with E-state index in [9.17, 15) is 18.3 Å². The molecule has 0 aliphatic heterocycles. The van der Waals surface area contributed by atoms with Crippen molar-refractivity contribution in [1.82, 2.24) is 4.72 Å². The summed E-state index contributed by atoms with van der Waals surface area (Å²) in [6, 6.07) is 19.4. The lowest BCUT2D eigenvalue weighted by atomic mass is 10.1. The monoisotopic (exact) mass is 433 g/mol. The number of carbonyl (C=O) groups is 1. The second-order valence-corrected chi connectivity index (χ2v) is 10.1. The summed E-state index contributed by atoms with van der Waals surface area (Å²) >= 11 is 6.98. The van der Waals surface area contributed by atoms with E-state index < -0.39 is 27.4 Å². The van der Waals surface area contributed by atoms with Gasteiger partial charge in [-0.15, -0.1) is 11.3 Å². The highest BCUT2D eigenvalue weighted by atomic mass is 35.5. The molecule has 8 heteroatoms. The van der Waals surface area contributed by atoms with Gasteiger partial charge >= 0.3 is 5.97 Å². The Hall–Kier alpha value is -2.19. The fraction of sp³-hybridized carbons (Fsp3) is 0.150. The smallest absolute Gasteiger partial charge is 0.325 e. The van der Waals surface area contributed by atoms with Crippen LogP contribution in [0, 0.1) is 0 Å². The van der Waals surface area contributed by atoms with Crippen molar-refractivity contribution in [3.05, 3.63) is 77.3 Å². The molecule has 1 aliphatic carbocycles. The van der Waals surface area contributed by atoms with E-state index in [0.717, 1.165) is 27.3 Å². The Morgan fingerprint density at radius 3 is 2.39 bits per heavy atom. The van der Waals surface area contributed by atoms with E-state index >= 15 is 0 Å². The number of carboxylic acid groups (broad SMARTS) is 1. The van der Waals surface area contributed by atoms with Crippen LogP contribution < -0.4 is 4.72 Å². The van der Waals surface area contributed by atoms with Crippen LogP contribution >= 0.6 is 22.9 Å². The Bertz CT molecular complexity index is 1130. The Labute approximate surface area is 171 Å². The first kappa shape index (κ1) is 19.1. The average Bonchev–Trinajstić information content (AvgIpc) is 3.17. The Balaban J connectivity index is 1.60. The zero-order valence-electron chi connectivity index (χ0n) is 14.5. The Morgan fingerprint density at radius 1 is 1.07 bits per heavy atom. The van der Waals surface area contributed by atoms with Crippen molar-refractivity contribution in [3.8, 4) is 10.4 Å². The van der Waals surface area contributed by atoms with E-state index in [2.05, 4.69) is 4.72 Å². The predicted octanol–water partition coefficient (Wildman–Crippen LogP) is 4.36. The molecule has 1 heterocycles. The zero-order chi connectivity index (χ0) is 19.9. The minimum atomic E-state index is -3.98. The lowest BCUT2D eigenvalue weighted by Gasteiger charge is -2.14. The third-order valence-corrected chi connectivity index (χ3v) is 8.22. The highest BCUT2D eigenvalue weighted by molar-refractivity contribution is 7.91. The van der Waals surface area contributed by atoms with Crippen molar-refractivity contribution in [2.45, 2.75) is 22.1 Å². The van der Waals surface area contributed by atoms with Gasteiger partial charge in [0.1, 0.15) is 9.75 Å². The second kappa shape index (κ2) is 7.00. The molecule has 0 radical (unpaired) electrons. The van der Waals surface area contributed by atoms with Crippen LogP contribution in [0.15, 0.2) is 70.9 Å². The molecule has 2 N–H and O–H groups in total. The van der Waals surface area contributed by atoms with Crippen molar-refractivity contribution in [1.29, 1.82) is 0 Å². The van der Waals surface area contributed by atoms with Gasteiger partial charge in [-0.2, -0.15) is 4.72 Å². The van der Waals surface area contributed by atoms with Crippen molar-refractivity contribution in [2.75, 3.05) is 0 Å². The number of benzene rings is 2. The molecule has 3 aromatic rings. The number of rotatable bonds is 6. The predicted molar refractivity (Wildman–Crippen MR) is 109 cm³/mol. The second-order valence-electron chi connectivity index (χ2n) is 6.67. The summed E-state index contributed by atoms with van der Waals surface area (Å²) in [5, 5.41) is 10.3. The minimum Gasteiger partial charge on any atom is -0.480 e. The molecule has 1 fully saturated rings. The first-order chi connectivity index (χ1) is 13.3. The van der Waals surface area contributed by atoms with E-state index in [-0.39, 0.29) is 10.6 Å². The summed E-state index contributed by atoms with van der Waals surface area (Å²) in [6.45, 7) is 0. The summed E-state index contributed by atoms with van der Waals surface area (Å²) in [6.07, 6.45) is 0.223. The van der Waals surface area contributed by atoms with Crippen LogP contribution in [-0.4, -0.2) is 25.0 Å². The number of thiophene rings is 1. The first-order valence-corrected chi connectivity index (χ1v) is 11.2. The topological polar surface area (TPSA) is 83.5 Å². The Morgan fingerprint density at radius 2 is 1.75 bits per heavy atom. The number of sulfonamides is 1. The van der Waals surface area contributed by atoms with Gasteiger partial charge in [-0.3, -0.25) is 4.79 Å². The Kier molecular flexibility index (Phi) is 4.79. The summed E-state index contributed by atoms with van der Waals surface area (Å²) in [5.41, 5.74) is 0.142. The molecule has 2 atom stereocenters. The maximum atomic E-state index is 12.9. The normalized spacial score (nSPS) is 21.4. The van der Waals surface area contributed by atoms with Gasteiger partial charge in [0.2, 0.25) is 0 Å². The molecule has 0 bridgehead atoms. The number of aliphatic carboxylic acids is 1. The van der Waals surface area contributed by atoms with Crippen molar-refractivity contribution in [2.24, 2.45) is 0 Å². The zero-order valence-corrected chi connectivity index (χ0v) is 16.9. The molecule has 1 aromatic heterocycles. The molecule has 28 heavy (non-hydrogen) atoms. The van der Waals surface area contributed by atoms with Crippen LogP contribution in [-0.2, 0) is 14.8 Å². The minimum absolute atomic E-state index is 0.0804. The molecule has 4 rings (SSSR count). The van der Waals surface area contributed by atoms with Crippen LogP contribution in [0.5, 0.6) is 0 Å². The van der Waals surface area contributed by atoms with E-state index in [1.807, 2.05) is 42.5 Å². The number of hydrogen-bond donors (Lipinski definition) is 2. The molecular formula is C20H16ClNO4S2. The lowest BCUT2D eigenvalue weighted by Crippen LogP contribution is -2.44. The third-order valence-electron chi connectivity index (χ3n) is 4.84. The summed E-state index contributed by atoms with van der Waals surface area (Å²) < 4.78 is 28.3. The van der Waals surface area contributed by atoms with Gasteiger partial charge in [-0.25, -0.2) is 8.42 Å². The van der Waals surface area contributed by atoms with Crippen molar-refractivity contribution in [3.63, 3.8) is 0 Å². The first-order valence-electron chi connectivity index (χ1n) is 8.50. The van der Waals surface area contributed by atoms with Crippen LogP contribution in [0.2, 0.25) is 5.02 Å². The third kappa shape index (κ3) is 3.46. The molecule has 144 valence electrons. The molecular weight excluding hydrogens is 418 g/mol. The molecule has 0 amide bonds. The fourth-order valence-corrected chi connectivity index (χ4v) is 6.11. The quantitative estimate of drug-likeness (QED) is 0.605. The number of carboxylic acids is 1. The van der Waals surface area contributed by atoms with Crippen LogP contribution in [0.4, 0.5) is 0 Å². The largest absolute Gasteiger partial charge is 0.480 e. The average molecular weight is 434 g/mol. The van der Waals surface area contributed by atoms with Gasteiger partial charge in [-0.05, 0) is 41.8 Å². The van der Waals surface area contributed by atoms with Crippen molar-refractivity contribution >= 4 is 38.9 Å². The van der Waals surface area contributed by atoms with Gasteiger partial charge in [0.25, 0.3) is 10.0 Å². The molecule has 1 saturated carbocycles. The van der Waals surface area contributed by atoms with Gasteiger partial charge in [0.05, 0.1) is 0 Å². The number of hydrogen-bond acceptors (Lipinski definition) is 4. The molecule has 0 spiro atoms. The maximum Gasteiger partial charge on any atom is 0.325 e. The van der Waals surface area contributed by atoms with E-state index in [1.165, 1.54) is 6.07 Å². The molecule has 0 unspecified atom stereocenters. The summed E-state index contributed by atoms with van der Waals surface area (Å²) in [7, 11) is -3.98. The number of halogens is 1. The highest BCUT2D eigenvalue weighted by Crippen LogP contribution is 2.52. The van der Waals surface area contributed by atoms with E-state index in [1.54, 1.807) is 18.2 Å². The van der Waals surface area contributed by atoms with Gasteiger partial charge in [0, 0.05) is 15.8 Å². The van der Waals surface area contributed by atoms with Gasteiger partial charge in [-0.1, -0.05) is 54.1 Å². The fourth-order valence-electron chi connectivity index (χ4n) is 3.27. The van der Waals surface area contributed by atoms with Gasteiger partial charge < -0.3 is 5.11 Å². The molecule has 0 saturated heterocycles. The summed E-state index contributed by atoms with van der Waals surface area (Å²) in [4.78, 5) is 12.7. The van der Waals surface area contributed by atoms with Crippen molar-refractivity contribution < 1.29 is 18.3 Å². The molecule has 1 aliphatic rings. The standard InChI is InChI=1S/C20H16ClNO4S2/c21-15-8-6-14(7-9-15)17-10-11-18(27-17)28(25,26)22-20(19(23)24)12-16(20)13-4-2-1-3-5-13/h1-11,16,22H,12H2,(H,23,24)/t16-,20+/m1/s1. The van der Waals surface area contributed by atoms with E-state index in [0.29, 0.717) is 5.02 Å². The highest BCUT2D eigenvalue weighted by Gasteiger charge is 2.63. The number of nitrogens with one attached hydrogen (secondary N) is 1. The van der Waals surface area contributed by atoms with Crippen LogP contribution in [0.1, 0.15) is 17.9 Å². The molecule has 5 nitrogen and oxygen atoms in total. The van der Waals surface area contributed by atoms with Gasteiger partial charge in [0.15, 0.2) is 0 Å². The summed E-state index contributed by atoms with van der Waals surface area (Å²) in [5.74, 6) is -1.56. The lowest BCUT2D eigenvalue weighted by molar-refractivity contribution is -0.140. The van der Waals surface area contributed by atoms with E-state index in [4.69, 9.17) is 11.6 Å². The van der Waals surface area contributed by atoms with Crippen LogP contribution in [0.3, 0.4) is 0 Å². The SMILES string of the molecule is O=C(O)[C@]1(NS(=O)(=O)c2ccc(-c3ccc(Cl)cc3)s2)C[C@@H]1c1ccccc1. The maximum absolute atomic E-state index is 12.9. The molecule has 2 aromatic carbocycles. The van der Waals surface area contributed by atoms with Crippen LogP contribution in [0.25, 0.3) is 10.4 Å².